The van der Waals surface area contributed by atoms with E-state index in [4.69, 9.17) is 0 Å². The van der Waals surface area contributed by atoms with Gasteiger partial charge in [0, 0.05) is 0 Å². The molecule has 0 aromatic carbocycles. The Morgan fingerprint density at radius 1 is 0.562 bits per heavy atom. The summed E-state index contributed by atoms with van der Waals surface area (Å²) in [6, 6.07) is 0. The second-order valence-electron chi connectivity index (χ2n) is 3.57. The quantitative estimate of drug-likeness (QED) is 0.598. The normalized spacial score (nSPS) is 24.5. The van der Waals surface area contributed by atoms with E-state index in [1.807, 2.05) is 0 Å². The van der Waals surface area contributed by atoms with Crippen LogP contribution in [0.25, 0.3) is 0 Å². The van der Waals surface area contributed by atoms with Crippen molar-refractivity contribution in [1.29, 1.82) is 0 Å². The Morgan fingerprint density at radius 2 is 0.812 bits per heavy atom. The molecular formula is C10H4O4S2. The van der Waals surface area contributed by atoms with Gasteiger partial charge in [0.25, 0.3) is 0 Å². The fraction of sp³-hybridized carbons (Fsp3) is 0.200. The molecule has 4 nitrogen and oxygen atoms in total. The summed E-state index contributed by atoms with van der Waals surface area (Å²) in [5.74, 6) is -0.959. The van der Waals surface area contributed by atoms with Crippen LogP contribution in [-0.4, -0.2) is 23.1 Å². The van der Waals surface area contributed by atoms with Crippen molar-refractivity contribution in [2.45, 2.75) is 12.8 Å². The van der Waals surface area contributed by atoms with Crippen LogP contribution in [0.15, 0.2) is 19.6 Å². The van der Waals surface area contributed by atoms with Gasteiger partial charge in [-0.05, 0) is 0 Å². The molecule has 3 aliphatic rings. The van der Waals surface area contributed by atoms with Gasteiger partial charge in [-0.3, -0.25) is 19.2 Å². The molecule has 2 aliphatic carbocycles. The van der Waals surface area contributed by atoms with Crippen LogP contribution >= 0.6 is 23.5 Å². The fourth-order valence-corrected chi connectivity index (χ4v) is 4.21. The molecule has 6 heteroatoms. The van der Waals surface area contributed by atoms with Crippen molar-refractivity contribution in [3.8, 4) is 0 Å². The van der Waals surface area contributed by atoms with Crippen molar-refractivity contribution in [3.63, 3.8) is 0 Å². The molecule has 0 radical (unpaired) electrons. The number of hydrogen-bond donors (Lipinski definition) is 0. The highest BCUT2D eigenvalue weighted by Gasteiger charge is 2.43. The average Bonchev–Trinajstić information content (AvgIpc) is 2.67. The smallest absolute Gasteiger partial charge is 0.178 e. The summed E-state index contributed by atoms with van der Waals surface area (Å²) >= 11 is 1.99. The summed E-state index contributed by atoms with van der Waals surface area (Å²) < 4.78 is 0. The predicted octanol–water partition coefficient (Wildman–Crippen LogP) is 0.973. The van der Waals surface area contributed by atoms with Crippen LogP contribution in [-0.2, 0) is 19.2 Å². The average molecular weight is 252 g/mol. The summed E-state index contributed by atoms with van der Waals surface area (Å²) in [5.41, 5.74) is 0. The van der Waals surface area contributed by atoms with E-state index in [9.17, 15) is 19.2 Å². The third kappa shape index (κ3) is 1.20. The van der Waals surface area contributed by atoms with E-state index in [0.717, 1.165) is 23.5 Å². The van der Waals surface area contributed by atoms with E-state index in [1.54, 1.807) is 0 Å². The fourth-order valence-electron chi connectivity index (χ4n) is 1.74. The number of carbonyl (C=O) groups excluding carboxylic acids is 4. The number of ketones is 4. The Labute approximate surface area is 98.5 Å². The van der Waals surface area contributed by atoms with Crippen molar-refractivity contribution in [3.05, 3.63) is 19.6 Å². The monoisotopic (exact) mass is 252 g/mol. The standard InChI is InChI=1S/C10H4O4S2/c11-3-1-4(12)8-7(3)15-9-5(13)2-6(14)10(9)16-8/h1-2H2. The van der Waals surface area contributed by atoms with E-state index in [2.05, 4.69) is 0 Å². The lowest BCUT2D eigenvalue weighted by atomic mass is 10.3. The molecule has 3 rings (SSSR count). The number of thioether (sulfide) groups is 2. The molecule has 0 fully saturated rings. The lowest BCUT2D eigenvalue weighted by molar-refractivity contribution is -0.122. The highest BCUT2D eigenvalue weighted by Crippen LogP contribution is 2.52. The van der Waals surface area contributed by atoms with E-state index < -0.39 is 0 Å². The Bertz CT molecular complexity index is 459. The number of allylic oxidation sites excluding steroid dienone is 4. The Hall–Kier alpha value is -1.14. The third-order valence-electron chi connectivity index (χ3n) is 2.48. The molecule has 0 amide bonds. The maximum atomic E-state index is 11.5. The van der Waals surface area contributed by atoms with Gasteiger partial charge in [-0.1, -0.05) is 23.5 Å². The molecule has 0 saturated carbocycles. The number of rotatable bonds is 0. The first-order valence-electron chi connectivity index (χ1n) is 4.55. The molecule has 0 spiro atoms. The maximum Gasteiger partial charge on any atom is 0.178 e. The van der Waals surface area contributed by atoms with Gasteiger partial charge >= 0.3 is 0 Å². The minimum absolute atomic E-state index is 0.131. The molecular weight excluding hydrogens is 248 g/mol. The molecule has 0 N–H and O–H groups in total. The van der Waals surface area contributed by atoms with Crippen LogP contribution in [0.2, 0.25) is 0 Å². The van der Waals surface area contributed by atoms with Crippen molar-refractivity contribution in [2.75, 3.05) is 0 Å². The molecule has 0 saturated heterocycles. The molecule has 0 unspecified atom stereocenters. The van der Waals surface area contributed by atoms with Crippen molar-refractivity contribution < 1.29 is 19.2 Å². The minimum Gasteiger partial charge on any atom is -0.293 e. The summed E-state index contributed by atoms with van der Waals surface area (Å²) in [7, 11) is 0. The summed E-state index contributed by atoms with van der Waals surface area (Å²) in [5, 5.41) is 0. The van der Waals surface area contributed by atoms with Crippen LogP contribution in [0.3, 0.4) is 0 Å². The van der Waals surface area contributed by atoms with E-state index in [-0.39, 0.29) is 36.0 Å². The minimum atomic E-state index is -0.240. The van der Waals surface area contributed by atoms with Crippen molar-refractivity contribution >= 4 is 46.7 Å². The number of hydrogen-bond acceptors (Lipinski definition) is 6. The predicted molar refractivity (Wildman–Crippen MR) is 58.5 cm³/mol. The first-order valence-corrected chi connectivity index (χ1v) is 6.18. The van der Waals surface area contributed by atoms with Crippen molar-refractivity contribution in [1.82, 2.24) is 0 Å². The second kappa shape index (κ2) is 3.18. The second-order valence-corrected chi connectivity index (χ2v) is 5.61. The van der Waals surface area contributed by atoms with E-state index >= 15 is 0 Å². The lowest BCUT2D eigenvalue weighted by Gasteiger charge is -2.11. The van der Waals surface area contributed by atoms with Crippen LogP contribution < -0.4 is 0 Å². The molecule has 1 heterocycles. The van der Waals surface area contributed by atoms with Crippen molar-refractivity contribution in [2.24, 2.45) is 0 Å². The highest BCUT2D eigenvalue weighted by molar-refractivity contribution is 8.16. The topological polar surface area (TPSA) is 68.3 Å². The zero-order chi connectivity index (χ0) is 11.4. The van der Waals surface area contributed by atoms with Gasteiger partial charge in [-0.2, -0.15) is 0 Å². The van der Waals surface area contributed by atoms with E-state index in [0.29, 0.717) is 19.6 Å². The SMILES string of the molecule is O=C1CC(=O)C2=C1SC1=C(S2)C(=O)CC1=O. The van der Waals surface area contributed by atoms with E-state index in [1.165, 1.54) is 0 Å². The first kappa shape index (κ1) is 10.0. The largest absolute Gasteiger partial charge is 0.293 e. The zero-order valence-corrected chi connectivity index (χ0v) is 9.50. The summed E-state index contributed by atoms with van der Waals surface area (Å²) in [6.07, 6.45) is -0.263. The van der Waals surface area contributed by atoms with Gasteiger partial charge < -0.3 is 0 Å². The summed E-state index contributed by atoms with van der Waals surface area (Å²) in [6.45, 7) is 0. The Balaban J connectivity index is 2.07. The summed E-state index contributed by atoms with van der Waals surface area (Å²) in [4.78, 5) is 47.2. The number of carbonyl (C=O) groups is 4. The van der Waals surface area contributed by atoms with Gasteiger partial charge in [-0.25, -0.2) is 0 Å². The molecule has 0 atom stereocenters. The van der Waals surface area contributed by atoms with Crippen LogP contribution in [0.1, 0.15) is 12.8 Å². The maximum absolute atomic E-state index is 11.5. The molecule has 16 heavy (non-hydrogen) atoms. The van der Waals surface area contributed by atoms with Crippen LogP contribution in [0.5, 0.6) is 0 Å². The third-order valence-corrected chi connectivity index (χ3v) is 5.28. The molecule has 0 aromatic heterocycles. The highest BCUT2D eigenvalue weighted by atomic mass is 32.2. The Morgan fingerprint density at radius 3 is 1.06 bits per heavy atom. The lowest BCUT2D eigenvalue weighted by Crippen LogP contribution is -2.00. The van der Waals surface area contributed by atoms with Gasteiger partial charge in [-0.15, -0.1) is 0 Å². The molecule has 0 bridgehead atoms. The van der Waals surface area contributed by atoms with Gasteiger partial charge in [0.05, 0.1) is 32.5 Å². The van der Waals surface area contributed by atoms with Gasteiger partial charge in [0.15, 0.2) is 23.1 Å². The molecule has 1 aliphatic heterocycles. The zero-order valence-electron chi connectivity index (χ0n) is 7.86. The van der Waals surface area contributed by atoms with Gasteiger partial charge in [0.1, 0.15) is 0 Å². The molecule has 80 valence electrons. The Kier molecular flexibility index (Phi) is 1.99. The molecule has 0 aromatic rings. The van der Waals surface area contributed by atoms with Gasteiger partial charge in [0.2, 0.25) is 0 Å². The van der Waals surface area contributed by atoms with Crippen LogP contribution in [0.4, 0.5) is 0 Å². The number of Topliss-reactive ketones (excluding diaryl/α,β-unsaturated/α-hetero) is 4. The first-order chi connectivity index (χ1) is 7.58. The van der Waals surface area contributed by atoms with Crippen LogP contribution in [0, 0.1) is 0 Å².